The second-order valence-corrected chi connectivity index (χ2v) is 6.23. The van der Waals surface area contributed by atoms with Gasteiger partial charge in [-0.25, -0.2) is 9.37 Å². The Morgan fingerprint density at radius 3 is 2.95 bits per heavy atom. The van der Waals surface area contributed by atoms with Crippen molar-refractivity contribution in [3.8, 4) is 0 Å². The van der Waals surface area contributed by atoms with Crippen LogP contribution < -0.4 is 5.32 Å². The number of aryl methyl sites for hydroxylation is 2. The Labute approximate surface area is 124 Å². The van der Waals surface area contributed by atoms with Gasteiger partial charge < -0.3 is 5.32 Å². The quantitative estimate of drug-likeness (QED) is 0.861. The van der Waals surface area contributed by atoms with Gasteiger partial charge in [-0.15, -0.1) is 11.8 Å². The van der Waals surface area contributed by atoms with Crippen LogP contribution in [0.1, 0.15) is 17.7 Å². The number of nitrogens with zero attached hydrogens (tertiary/aromatic N) is 2. The maximum atomic E-state index is 13.0. The van der Waals surface area contributed by atoms with Crippen LogP contribution >= 0.6 is 23.1 Å². The van der Waals surface area contributed by atoms with Crippen molar-refractivity contribution in [2.24, 2.45) is 0 Å². The summed E-state index contributed by atoms with van der Waals surface area (Å²) in [6.07, 6.45) is 5.42. The van der Waals surface area contributed by atoms with Crippen molar-refractivity contribution in [1.82, 2.24) is 9.97 Å². The fourth-order valence-electron chi connectivity index (χ4n) is 1.66. The van der Waals surface area contributed by atoms with E-state index in [0.29, 0.717) is 17.1 Å². The number of carbonyl (C=O) groups excluding carboxylic acids is 1. The van der Waals surface area contributed by atoms with Crippen molar-refractivity contribution in [2.45, 2.75) is 24.0 Å². The van der Waals surface area contributed by atoms with E-state index >= 15 is 0 Å². The molecule has 4 nitrogen and oxygen atoms in total. The number of pyridine rings is 1. The first-order valence-corrected chi connectivity index (χ1v) is 8.03. The number of carbonyl (C=O) groups is 1. The maximum Gasteiger partial charge on any atom is 0.226 e. The van der Waals surface area contributed by atoms with E-state index in [1.54, 1.807) is 18.0 Å². The van der Waals surface area contributed by atoms with Gasteiger partial charge in [0.1, 0.15) is 5.82 Å². The number of hydrogen-bond donors (Lipinski definition) is 1. The number of anilines is 1. The molecule has 7 heteroatoms. The molecule has 0 aliphatic carbocycles. The van der Waals surface area contributed by atoms with E-state index in [0.717, 1.165) is 16.1 Å². The Balaban J connectivity index is 1.89. The fourth-order valence-corrected chi connectivity index (χ4v) is 3.29. The molecule has 1 amide bonds. The first-order chi connectivity index (χ1) is 9.58. The fraction of sp³-hybridized carbons (Fsp3) is 0.308. The topological polar surface area (TPSA) is 54.9 Å². The Hall–Kier alpha value is -1.47. The Morgan fingerprint density at radius 2 is 2.30 bits per heavy atom. The third-order valence-electron chi connectivity index (χ3n) is 2.59. The van der Waals surface area contributed by atoms with Crippen molar-refractivity contribution < 1.29 is 9.18 Å². The minimum atomic E-state index is -0.386. The van der Waals surface area contributed by atoms with E-state index in [4.69, 9.17) is 0 Å². The minimum absolute atomic E-state index is 0.129. The number of thioether (sulfide) groups is 1. The highest BCUT2D eigenvalue weighted by Crippen LogP contribution is 2.30. The van der Waals surface area contributed by atoms with Crippen molar-refractivity contribution in [2.75, 3.05) is 11.6 Å². The lowest BCUT2D eigenvalue weighted by Crippen LogP contribution is -2.12. The van der Waals surface area contributed by atoms with Gasteiger partial charge in [0, 0.05) is 12.6 Å². The van der Waals surface area contributed by atoms with Crippen molar-refractivity contribution in [3.63, 3.8) is 0 Å². The van der Waals surface area contributed by atoms with Gasteiger partial charge in [0.25, 0.3) is 0 Å². The lowest BCUT2D eigenvalue weighted by molar-refractivity contribution is -0.116. The van der Waals surface area contributed by atoms with Crippen LogP contribution in [0.25, 0.3) is 0 Å². The third-order valence-corrected chi connectivity index (χ3v) is 4.87. The Morgan fingerprint density at radius 1 is 1.50 bits per heavy atom. The molecule has 0 bridgehead atoms. The Kier molecular flexibility index (Phi) is 5.08. The van der Waals surface area contributed by atoms with Crippen molar-refractivity contribution in [3.05, 3.63) is 35.5 Å². The van der Waals surface area contributed by atoms with Gasteiger partial charge in [-0.2, -0.15) is 0 Å². The third kappa shape index (κ3) is 4.01. The molecule has 0 aliphatic rings. The highest BCUT2D eigenvalue weighted by Gasteiger charge is 2.10. The lowest BCUT2D eigenvalue weighted by Gasteiger charge is -2.02. The molecule has 2 aromatic heterocycles. The maximum absolute atomic E-state index is 13.0. The summed E-state index contributed by atoms with van der Waals surface area (Å²) in [5.74, 6) is -0.515. The van der Waals surface area contributed by atoms with Crippen molar-refractivity contribution >= 4 is 34.1 Å². The molecule has 2 rings (SSSR count). The van der Waals surface area contributed by atoms with Crippen molar-refractivity contribution in [1.29, 1.82) is 0 Å². The van der Waals surface area contributed by atoms with Crippen LogP contribution in [0.5, 0.6) is 0 Å². The van der Waals surface area contributed by atoms with Crippen LogP contribution in [-0.4, -0.2) is 22.1 Å². The van der Waals surface area contributed by atoms with Gasteiger partial charge in [-0.3, -0.25) is 9.78 Å². The van der Waals surface area contributed by atoms with Crippen LogP contribution in [0.4, 0.5) is 9.52 Å². The first-order valence-electron chi connectivity index (χ1n) is 5.99. The van der Waals surface area contributed by atoms with Gasteiger partial charge in [0.05, 0.1) is 16.1 Å². The van der Waals surface area contributed by atoms with Gasteiger partial charge in [0.15, 0.2) is 5.13 Å². The summed E-state index contributed by atoms with van der Waals surface area (Å²) in [5, 5.41) is 3.37. The first kappa shape index (κ1) is 14.9. The standard InChI is InChI=1S/C13H14FN3OS2/c1-8-12(19-2)20-13(16-8)17-11(18)4-3-9-5-10(14)7-15-6-9/h5-7H,3-4H2,1-2H3,(H,16,17,18). The molecule has 0 atom stereocenters. The highest BCUT2D eigenvalue weighted by molar-refractivity contribution is 8.00. The van der Waals surface area contributed by atoms with Crippen LogP contribution in [0, 0.1) is 12.7 Å². The molecule has 0 unspecified atom stereocenters. The molecule has 0 aliphatic heterocycles. The number of hydrogen-bond acceptors (Lipinski definition) is 5. The number of aromatic nitrogens is 2. The summed E-state index contributed by atoms with van der Waals surface area (Å²) < 4.78 is 14.0. The average Bonchev–Trinajstić information content (AvgIpc) is 2.76. The zero-order valence-corrected chi connectivity index (χ0v) is 12.8. The number of halogens is 1. The summed E-state index contributed by atoms with van der Waals surface area (Å²) in [6.45, 7) is 1.91. The molecule has 2 aromatic rings. The second kappa shape index (κ2) is 6.81. The van der Waals surface area contributed by atoms with Crippen LogP contribution in [-0.2, 0) is 11.2 Å². The van der Waals surface area contributed by atoms with Gasteiger partial charge in [0.2, 0.25) is 5.91 Å². The van der Waals surface area contributed by atoms with Gasteiger partial charge in [-0.1, -0.05) is 11.3 Å². The number of nitrogens with one attached hydrogen (secondary N) is 1. The lowest BCUT2D eigenvalue weighted by atomic mass is 10.1. The predicted octanol–water partition coefficient (Wildman–Crippen LogP) is 3.28. The van der Waals surface area contributed by atoms with E-state index < -0.39 is 0 Å². The van der Waals surface area contributed by atoms with Gasteiger partial charge in [-0.05, 0) is 31.2 Å². The molecule has 2 heterocycles. The molecule has 0 aromatic carbocycles. The van der Waals surface area contributed by atoms with E-state index in [1.165, 1.54) is 17.4 Å². The highest BCUT2D eigenvalue weighted by atomic mass is 32.2. The van der Waals surface area contributed by atoms with Gasteiger partial charge >= 0.3 is 0 Å². The minimum Gasteiger partial charge on any atom is -0.302 e. The van der Waals surface area contributed by atoms with Crippen LogP contribution in [0.15, 0.2) is 22.7 Å². The zero-order valence-electron chi connectivity index (χ0n) is 11.1. The number of amides is 1. The van der Waals surface area contributed by atoms with E-state index in [-0.39, 0.29) is 18.1 Å². The molecule has 0 fully saturated rings. The molecule has 1 N–H and O–H groups in total. The predicted molar refractivity (Wildman–Crippen MR) is 79.8 cm³/mol. The van der Waals surface area contributed by atoms with Crippen LogP contribution in [0.2, 0.25) is 0 Å². The molecule has 0 spiro atoms. The Bertz CT molecular complexity index is 615. The summed E-state index contributed by atoms with van der Waals surface area (Å²) in [4.78, 5) is 19.9. The summed E-state index contributed by atoms with van der Waals surface area (Å²) in [5.41, 5.74) is 1.63. The monoisotopic (exact) mass is 311 g/mol. The molecule has 20 heavy (non-hydrogen) atoms. The van der Waals surface area contributed by atoms with E-state index in [9.17, 15) is 9.18 Å². The molecule has 0 radical (unpaired) electrons. The second-order valence-electron chi connectivity index (χ2n) is 4.16. The molecular formula is C13H14FN3OS2. The average molecular weight is 311 g/mol. The number of rotatable bonds is 5. The normalized spacial score (nSPS) is 10.6. The molecule has 0 saturated heterocycles. The smallest absolute Gasteiger partial charge is 0.226 e. The summed E-state index contributed by atoms with van der Waals surface area (Å²) >= 11 is 3.07. The molecular weight excluding hydrogens is 297 g/mol. The zero-order chi connectivity index (χ0) is 14.5. The SMILES string of the molecule is CSc1sc(NC(=O)CCc2cncc(F)c2)nc1C. The van der Waals surface area contributed by atoms with E-state index in [2.05, 4.69) is 15.3 Å². The molecule has 106 valence electrons. The largest absolute Gasteiger partial charge is 0.302 e. The summed E-state index contributed by atoms with van der Waals surface area (Å²) in [6, 6.07) is 1.39. The van der Waals surface area contributed by atoms with Crippen LogP contribution in [0.3, 0.4) is 0 Å². The number of thiazole rings is 1. The molecule has 0 saturated carbocycles. The summed E-state index contributed by atoms with van der Waals surface area (Å²) in [7, 11) is 0. The van der Waals surface area contributed by atoms with E-state index in [1.807, 2.05) is 13.2 Å².